The fraction of sp³-hybridized carbons (Fsp3) is 0.929. The predicted molar refractivity (Wildman–Crippen MR) is 70.9 cm³/mol. The third-order valence-corrected chi connectivity index (χ3v) is 4.75. The fourth-order valence-electron chi connectivity index (χ4n) is 3.12. The van der Waals surface area contributed by atoms with Crippen LogP contribution in [0.3, 0.4) is 0 Å². The van der Waals surface area contributed by atoms with Gasteiger partial charge in [0.1, 0.15) is 0 Å². The molecule has 0 amide bonds. The molecule has 0 aromatic rings. The summed E-state index contributed by atoms with van der Waals surface area (Å²) in [5.74, 6) is 0.265. The van der Waals surface area contributed by atoms with E-state index in [9.17, 15) is 4.79 Å². The lowest BCUT2D eigenvalue weighted by Gasteiger charge is -2.58. The van der Waals surface area contributed by atoms with Crippen molar-refractivity contribution >= 4 is 5.97 Å². The van der Waals surface area contributed by atoms with Crippen molar-refractivity contribution in [3.63, 3.8) is 0 Å². The zero-order chi connectivity index (χ0) is 14.3. The Balaban J connectivity index is 3.19. The van der Waals surface area contributed by atoms with Gasteiger partial charge < -0.3 is 9.57 Å². The maximum atomic E-state index is 11.4. The van der Waals surface area contributed by atoms with E-state index in [1.165, 1.54) is 6.92 Å². The van der Waals surface area contributed by atoms with Crippen LogP contribution in [0.4, 0.5) is 0 Å². The van der Waals surface area contributed by atoms with Crippen LogP contribution in [0.1, 0.15) is 48.5 Å². The summed E-state index contributed by atoms with van der Waals surface area (Å²) < 4.78 is 5.67. The van der Waals surface area contributed by atoms with Crippen molar-refractivity contribution in [1.82, 2.24) is 5.06 Å². The average Bonchev–Trinajstić information content (AvgIpc) is 2.24. The lowest BCUT2D eigenvalue weighted by Crippen LogP contribution is -2.69. The van der Waals surface area contributed by atoms with Crippen LogP contribution in [-0.2, 0) is 14.4 Å². The van der Waals surface area contributed by atoms with E-state index < -0.39 is 0 Å². The first-order chi connectivity index (χ1) is 8.06. The number of nitrogens with zero attached hydrogens (tertiary/aromatic N) is 1. The molecule has 2 unspecified atom stereocenters. The Kier molecular flexibility index (Phi) is 4.13. The molecule has 0 aliphatic carbocycles. The van der Waals surface area contributed by atoms with Crippen LogP contribution in [0.25, 0.3) is 0 Å². The minimum atomic E-state index is -0.272. The van der Waals surface area contributed by atoms with E-state index in [0.717, 1.165) is 0 Å². The molecule has 0 radical (unpaired) electrons. The Hall–Kier alpha value is -0.610. The second-order valence-corrected chi connectivity index (χ2v) is 6.46. The van der Waals surface area contributed by atoms with E-state index in [4.69, 9.17) is 9.57 Å². The monoisotopic (exact) mass is 257 g/mol. The molecule has 106 valence electrons. The molecule has 1 aliphatic rings. The van der Waals surface area contributed by atoms with Gasteiger partial charge in [-0.2, -0.15) is 0 Å². The standard InChI is InChI=1S/C14H27NO3/c1-9-12(17-8)10(2)14(6,7)15(13(9,4)5)18-11(3)16/h9-10,12H,1-8H3. The first-order valence-corrected chi connectivity index (χ1v) is 6.58. The van der Waals surface area contributed by atoms with Gasteiger partial charge in [-0.05, 0) is 27.7 Å². The highest BCUT2D eigenvalue weighted by atomic mass is 16.7. The van der Waals surface area contributed by atoms with E-state index in [-0.39, 0.29) is 35.0 Å². The van der Waals surface area contributed by atoms with Crippen LogP contribution >= 0.6 is 0 Å². The van der Waals surface area contributed by atoms with Gasteiger partial charge in [-0.15, -0.1) is 5.06 Å². The highest BCUT2D eigenvalue weighted by Gasteiger charge is 2.56. The molecule has 0 aromatic heterocycles. The van der Waals surface area contributed by atoms with Gasteiger partial charge in [-0.3, -0.25) is 4.79 Å². The molecule has 0 aromatic carbocycles. The Morgan fingerprint density at radius 3 is 1.72 bits per heavy atom. The normalized spacial score (nSPS) is 35.2. The Bertz CT molecular complexity index is 303. The summed E-state index contributed by atoms with van der Waals surface area (Å²) in [6.45, 7) is 14.1. The molecular weight excluding hydrogens is 230 g/mol. The van der Waals surface area contributed by atoms with E-state index >= 15 is 0 Å². The fourth-order valence-corrected chi connectivity index (χ4v) is 3.12. The second kappa shape index (κ2) is 4.82. The highest BCUT2D eigenvalue weighted by molar-refractivity contribution is 5.65. The van der Waals surface area contributed by atoms with Gasteiger partial charge in [0.25, 0.3) is 0 Å². The lowest BCUT2D eigenvalue weighted by atomic mass is 9.67. The molecule has 1 fully saturated rings. The SMILES string of the molecule is COC1C(C)C(C)(C)N(OC(C)=O)C(C)(C)C1C. The largest absolute Gasteiger partial charge is 0.381 e. The summed E-state index contributed by atoms with van der Waals surface area (Å²) in [4.78, 5) is 16.9. The van der Waals surface area contributed by atoms with Crippen molar-refractivity contribution in [2.45, 2.75) is 65.6 Å². The quantitative estimate of drug-likeness (QED) is 0.762. The minimum Gasteiger partial charge on any atom is -0.381 e. The van der Waals surface area contributed by atoms with Crippen LogP contribution in [0, 0.1) is 11.8 Å². The van der Waals surface area contributed by atoms with Gasteiger partial charge in [0.15, 0.2) is 0 Å². The Labute approximate surface area is 111 Å². The number of carbonyl (C=O) groups excluding carboxylic acids is 1. The smallest absolute Gasteiger partial charge is 0.322 e. The van der Waals surface area contributed by atoms with Crippen LogP contribution in [0.15, 0.2) is 0 Å². The molecule has 4 heteroatoms. The third kappa shape index (κ3) is 2.28. The van der Waals surface area contributed by atoms with Gasteiger partial charge >= 0.3 is 5.97 Å². The first-order valence-electron chi connectivity index (χ1n) is 6.58. The van der Waals surface area contributed by atoms with Crippen molar-refractivity contribution in [2.24, 2.45) is 11.8 Å². The highest BCUT2D eigenvalue weighted by Crippen LogP contribution is 2.46. The van der Waals surface area contributed by atoms with Gasteiger partial charge in [0.2, 0.25) is 0 Å². The van der Waals surface area contributed by atoms with E-state index in [1.807, 2.05) is 5.06 Å². The van der Waals surface area contributed by atoms with Gasteiger partial charge in [-0.1, -0.05) is 13.8 Å². The van der Waals surface area contributed by atoms with Crippen molar-refractivity contribution in [1.29, 1.82) is 0 Å². The summed E-state index contributed by atoms with van der Waals surface area (Å²) in [5, 5.41) is 1.85. The predicted octanol–water partition coefficient (Wildman–Crippen LogP) is 2.62. The number of methoxy groups -OCH3 is 1. The summed E-state index contributed by atoms with van der Waals surface area (Å²) in [7, 11) is 1.76. The molecule has 0 saturated carbocycles. The maximum absolute atomic E-state index is 11.4. The molecule has 0 bridgehead atoms. The molecule has 2 atom stereocenters. The molecule has 1 rings (SSSR count). The molecule has 4 nitrogen and oxygen atoms in total. The van der Waals surface area contributed by atoms with Gasteiger partial charge in [0, 0.05) is 25.9 Å². The van der Waals surface area contributed by atoms with Crippen molar-refractivity contribution < 1.29 is 14.4 Å². The van der Waals surface area contributed by atoms with E-state index in [1.54, 1.807) is 7.11 Å². The maximum Gasteiger partial charge on any atom is 0.322 e. The van der Waals surface area contributed by atoms with Crippen molar-refractivity contribution in [2.75, 3.05) is 7.11 Å². The van der Waals surface area contributed by atoms with Crippen LogP contribution in [0.5, 0.6) is 0 Å². The molecule has 1 heterocycles. The second-order valence-electron chi connectivity index (χ2n) is 6.46. The van der Waals surface area contributed by atoms with Crippen LogP contribution in [0.2, 0.25) is 0 Å². The Morgan fingerprint density at radius 2 is 1.44 bits per heavy atom. The topological polar surface area (TPSA) is 38.8 Å². The minimum absolute atomic E-state index is 0.154. The number of piperidine rings is 1. The van der Waals surface area contributed by atoms with Gasteiger partial charge in [0.05, 0.1) is 17.2 Å². The number of ether oxygens (including phenoxy) is 1. The summed E-state index contributed by atoms with van der Waals surface area (Å²) in [6.07, 6.45) is 0.154. The summed E-state index contributed by atoms with van der Waals surface area (Å²) in [6, 6.07) is 0. The third-order valence-electron chi connectivity index (χ3n) is 4.75. The number of hydrogen-bond donors (Lipinski definition) is 0. The van der Waals surface area contributed by atoms with Gasteiger partial charge in [-0.25, -0.2) is 0 Å². The Morgan fingerprint density at radius 1 is 1.06 bits per heavy atom. The summed E-state index contributed by atoms with van der Waals surface area (Å²) >= 11 is 0. The van der Waals surface area contributed by atoms with Crippen LogP contribution in [-0.4, -0.2) is 35.3 Å². The summed E-state index contributed by atoms with van der Waals surface area (Å²) in [5.41, 5.74) is -0.523. The number of hydroxylamine groups is 2. The van der Waals surface area contributed by atoms with Crippen molar-refractivity contribution in [3.8, 4) is 0 Å². The van der Waals surface area contributed by atoms with Crippen LogP contribution < -0.4 is 0 Å². The zero-order valence-corrected chi connectivity index (χ0v) is 12.9. The molecule has 0 spiro atoms. The number of hydrogen-bond acceptors (Lipinski definition) is 4. The van der Waals surface area contributed by atoms with E-state index in [2.05, 4.69) is 41.5 Å². The number of rotatable bonds is 2. The molecule has 18 heavy (non-hydrogen) atoms. The van der Waals surface area contributed by atoms with Crippen molar-refractivity contribution in [3.05, 3.63) is 0 Å². The molecule has 0 N–H and O–H groups in total. The molecule has 1 saturated heterocycles. The molecular formula is C14H27NO3. The van der Waals surface area contributed by atoms with E-state index in [0.29, 0.717) is 0 Å². The average molecular weight is 257 g/mol. The zero-order valence-electron chi connectivity index (χ0n) is 12.9. The first kappa shape index (κ1) is 15.4. The lowest BCUT2D eigenvalue weighted by molar-refractivity contribution is -0.306. The molecule has 1 aliphatic heterocycles. The number of carbonyl (C=O) groups is 1.